The minimum Gasteiger partial charge on any atom is -0.496 e. The highest BCUT2D eigenvalue weighted by atomic mass is 32.2. The zero-order valence-electron chi connectivity index (χ0n) is 16.0. The minimum atomic E-state index is -3.56. The Morgan fingerprint density at radius 3 is 2.57 bits per heavy atom. The van der Waals surface area contributed by atoms with E-state index in [4.69, 9.17) is 4.74 Å². The molecule has 1 saturated heterocycles. The van der Waals surface area contributed by atoms with Crippen LogP contribution in [0.5, 0.6) is 5.75 Å². The minimum absolute atomic E-state index is 0.0585. The molecule has 1 amide bonds. The molecule has 2 heterocycles. The van der Waals surface area contributed by atoms with E-state index in [1.54, 1.807) is 19.4 Å². The summed E-state index contributed by atoms with van der Waals surface area (Å²) in [5.41, 5.74) is 0.912. The Labute approximate surface area is 165 Å². The fourth-order valence-electron chi connectivity index (χ4n) is 3.44. The summed E-state index contributed by atoms with van der Waals surface area (Å²) in [6.45, 7) is 2.55. The molecule has 1 aliphatic heterocycles. The van der Waals surface area contributed by atoms with Gasteiger partial charge >= 0.3 is 0 Å². The SMILES string of the molecule is COc1ccccc1[C@@H](C)NC(=O)C1CCN(S(=O)(=O)c2cccnc2)CC1. The quantitative estimate of drug-likeness (QED) is 0.800. The van der Waals surface area contributed by atoms with Crippen LogP contribution >= 0.6 is 0 Å². The Balaban J connectivity index is 1.59. The molecule has 1 N–H and O–H groups in total. The Hall–Kier alpha value is -2.45. The second kappa shape index (κ2) is 8.70. The Bertz CT molecular complexity index is 910. The van der Waals surface area contributed by atoms with Crippen LogP contribution in [0, 0.1) is 5.92 Å². The van der Waals surface area contributed by atoms with Crippen LogP contribution in [0.4, 0.5) is 0 Å². The van der Waals surface area contributed by atoms with Gasteiger partial charge in [-0.2, -0.15) is 4.31 Å². The second-order valence-corrected chi connectivity index (χ2v) is 8.78. The molecule has 3 rings (SSSR count). The second-order valence-electron chi connectivity index (χ2n) is 6.84. The van der Waals surface area contributed by atoms with Gasteiger partial charge in [-0.1, -0.05) is 18.2 Å². The van der Waals surface area contributed by atoms with Crippen LogP contribution in [0.15, 0.2) is 53.7 Å². The van der Waals surface area contributed by atoms with Gasteiger partial charge in [0.1, 0.15) is 10.6 Å². The van der Waals surface area contributed by atoms with E-state index in [-0.39, 0.29) is 22.8 Å². The number of para-hydroxylation sites is 1. The van der Waals surface area contributed by atoms with Gasteiger partial charge in [0.15, 0.2) is 0 Å². The van der Waals surface area contributed by atoms with Gasteiger partial charge < -0.3 is 10.1 Å². The maximum Gasteiger partial charge on any atom is 0.244 e. The van der Waals surface area contributed by atoms with Crippen molar-refractivity contribution in [1.29, 1.82) is 0 Å². The van der Waals surface area contributed by atoms with Gasteiger partial charge in [-0.15, -0.1) is 0 Å². The fourth-order valence-corrected chi connectivity index (χ4v) is 4.87. The van der Waals surface area contributed by atoms with Crippen LogP contribution in [0.25, 0.3) is 0 Å². The molecule has 0 aliphatic carbocycles. The van der Waals surface area contributed by atoms with Gasteiger partial charge in [-0.3, -0.25) is 9.78 Å². The van der Waals surface area contributed by atoms with Crippen LogP contribution in [0.2, 0.25) is 0 Å². The molecular weight excluding hydrogens is 378 g/mol. The highest BCUT2D eigenvalue weighted by molar-refractivity contribution is 7.89. The predicted octanol–water partition coefficient (Wildman–Crippen LogP) is 2.37. The van der Waals surface area contributed by atoms with Crippen molar-refractivity contribution >= 4 is 15.9 Å². The molecule has 7 nitrogen and oxygen atoms in total. The van der Waals surface area contributed by atoms with Gasteiger partial charge in [0.2, 0.25) is 15.9 Å². The number of carbonyl (C=O) groups excluding carboxylic acids is 1. The van der Waals surface area contributed by atoms with Crippen LogP contribution in [-0.2, 0) is 14.8 Å². The lowest BCUT2D eigenvalue weighted by Gasteiger charge is -2.31. The van der Waals surface area contributed by atoms with Crippen molar-refractivity contribution in [3.8, 4) is 5.75 Å². The molecule has 2 aromatic rings. The van der Waals surface area contributed by atoms with E-state index >= 15 is 0 Å². The van der Waals surface area contributed by atoms with Gasteiger partial charge in [0.05, 0.1) is 13.2 Å². The third-order valence-corrected chi connectivity index (χ3v) is 6.94. The molecule has 1 aromatic heterocycles. The molecule has 1 aromatic carbocycles. The van der Waals surface area contributed by atoms with E-state index in [1.165, 1.54) is 16.6 Å². The topological polar surface area (TPSA) is 88.6 Å². The summed E-state index contributed by atoms with van der Waals surface area (Å²) in [5, 5.41) is 3.03. The van der Waals surface area contributed by atoms with E-state index < -0.39 is 10.0 Å². The summed E-state index contributed by atoms with van der Waals surface area (Å²) < 4.78 is 32.1. The highest BCUT2D eigenvalue weighted by Crippen LogP contribution is 2.27. The standard InChI is InChI=1S/C20H25N3O4S/c1-15(18-7-3-4-8-19(18)27-2)22-20(24)16-9-12-23(13-10-16)28(25,26)17-6-5-11-21-14-17/h3-8,11,14-16H,9-10,12-13H2,1-2H3,(H,22,24)/t15-/m1/s1. The maximum absolute atomic E-state index is 12.7. The first-order chi connectivity index (χ1) is 13.4. The van der Waals surface area contributed by atoms with Gasteiger partial charge in [-0.05, 0) is 38.0 Å². The van der Waals surface area contributed by atoms with E-state index in [0.717, 1.165) is 11.3 Å². The van der Waals surface area contributed by atoms with Crippen LogP contribution in [0.1, 0.15) is 31.4 Å². The lowest BCUT2D eigenvalue weighted by Crippen LogP contribution is -2.43. The number of hydrogen-bond donors (Lipinski definition) is 1. The van der Waals surface area contributed by atoms with Gasteiger partial charge in [0, 0.05) is 37.0 Å². The molecule has 0 saturated carbocycles. The molecule has 1 fully saturated rings. The Morgan fingerprint density at radius 2 is 1.93 bits per heavy atom. The molecule has 0 unspecified atom stereocenters. The summed E-state index contributed by atoms with van der Waals surface area (Å²) in [7, 11) is -1.96. The largest absolute Gasteiger partial charge is 0.496 e. The van der Waals surface area contributed by atoms with Crippen LogP contribution in [-0.4, -0.2) is 43.8 Å². The van der Waals surface area contributed by atoms with Gasteiger partial charge in [-0.25, -0.2) is 8.42 Å². The summed E-state index contributed by atoms with van der Waals surface area (Å²) >= 11 is 0. The average Bonchev–Trinajstić information content (AvgIpc) is 2.74. The van der Waals surface area contributed by atoms with Crippen molar-refractivity contribution < 1.29 is 17.9 Å². The number of nitrogens with one attached hydrogen (secondary N) is 1. The first-order valence-electron chi connectivity index (χ1n) is 9.27. The number of sulfonamides is 1. The predicted molar refractivity (Wildman–Crippen MR) is 105 cm³/mol. The molecule has 0 bridgehead atoms. The van der Waals surface area contributed by atoms with E-state index in [2.05, 4.69) is 10.3 Å². The highest BCUT2D eigenvalue weighted by Gasteiger charge is 2.32. The molecule has 1 aliphatic rings. The van der Waals surface area contributed by atoms with Crippen molar-refractivity contribution in [1.82, 2.24) is 14.6 Å². The number of ether oxygens (including phenoxy) is 1. The number of amides is 1. The number of pyridine rings is 1. The van der Waals surface area contributed by atoms with Crippen LogP contribution in [0.3, 0.4) is 0 Å². The van der Waals surface area contributed by atoms with Gasteiger partial charge in [0.25, 0.3) is 0 Å². The first-order valence-corrected chi connectivity index (χ1v) is 10.7. The third kappa shape index (κ3) is 4.34. The van der Waals surface area contributed by atoms with Crippen molar-refractivity contribution in [3.05, 3.63) is 54.4 Å². The Morgan fingerprint density at radius 1 is 1.21 bits per heavy atom. The molecular formula is C20H25N3O4S. The Kier molecular flexibility index (Phi) is 6.31. The number of carbonyl (C=O) groups is 1. The molecule has 150 valence electrons. The smallest absolute Gasteiger partial charge is 0.244 e. The van der Waals surface area contributed by atoms with E-state index in [9.17, 15) is 13.2 Å². The van der Waals surface area contributed by atoms with Crippen molar-refractivity contribution in [2.75, 3.05) is 20.2 Å². The molecule has 0 radical (unpaired) electrons. The third-order valence-electron chi connectivity index (χ3n) is 5.06. The zero-order chi connectivity index (χ0) is 20.1. The lowest BCUT2D eigenvalue weighted by molar-refractivity contribution is -0.126. The molecule has 8 heteroatoms. The number of benzene rings is 1. The fraction of sp³-hybridized carbons (Fsp3) is 0.400. The van der Waals surface area contributed by atoms with Crippen molar-refractivity contribution in [3.63, 3.8) is 0 Å². The summed E-state index contributed by atoms with van der Waals surface area (Å²) in [4.78, 5) is 16.7. The summed E-state index contributed by atoms with van der Waals surface area (Å²) in [6, 6.07) is 10.5. The normalized spacial score (nSPS) is 17.1. The number of aromatic nitrogens is 1. The summed E-state index contributed by atoms with van der Waals surface area (Å²) in [6.07, 6.45) is 3.87. The van der Waals surface area contributed by atoms with Crippen molar-refractivity contribution in [2.45, 2.75) is 30.7 Å². The molecule has 1 atom stereocenters. The number of piperidine rings is 1. The molecule has 0 spiro atoms. The van der Waals surface area contributed by atoms with Crippen LogP contribution < -0.4 is 10.1 Å². The molecule has 28 heavy (non-hydrogen) atoms. The number of rotatable bonds is 6. The first kappa shape index (κ1) is 20.3. The van der Waals surface area contributed by atoms with E-state index in [0.29, 0.717) is 25.9 Å². The lowest BCUT2D eigenvalue weighted by atomic mass is 9.96. The van der Waals surface area contributed by atoms with E-state index in [1.807, 2.05) is 31.2 Å². The summed E-state index contributed by atoms with van der Waals surface area (Å²) in [5.74, 6) is 0.460. The number of nitrogens with zero attached hydrogens (tertiary/aromatic N) is 2. The van der Waals surface area contributed by atoms with Crippen molar-refractivity contribution in [2.24, 2.45) is 5.92 Å². The monoisotopic (exact) mass is 403 g/mol. The number of methoxy groups -OCH3 is 1. The average molecular weight is 404 g/mol. The zero-order valence-corrected chi connectivity index (χ0v) is 16.9. The maximum atomic E-state index is 12.7. The number of hydrogen-bond acceptors (Lipinski definition) is 5.